The van der Waals surface area contributed by atoms with Gasteiger partial charge in [-0.1, -0.05) is 198 Å². The Morgan fingerprint density at radius 1 is 0.423 bits per heavy atom. The molecular weight excluding hydrogens is 942 g/mol. The minimum atomic E-state index is -0.820. The van der Waals surface area contributed by atoms with E-state index in [1.807, 2.05) is 13.8 Å². The van der Waals surface area contributed by atoms with E-state index in [4.69, 9.17) is 0 Å². The van der Waals surface area contributed by atoms with Crippen molar-refractivity contribution in [1.82, 2.24) is 9.13 Å². The molecule has 0 spiro atoms. The lowest BCUT2D eigenvalue weighted by Crippen LogP contribution is -2.60. The molecule has 4 aliphatic rings. The molecule has 2 aliphatic heterocycles. The van der Waals surface area contributed by atoms with E-state index < -0.39 is 5.89 Å². The number of hydrogen-bond acceptors (Lipinski definition) is 1. The molecule has 0 N–H and O–H groups in total. The van der Waals surface area contributed by atoms with Crippen LogP contribution in [0.1, 0.15) is 51.7 Å². The van der Waals surface area contributed by atoms with E-state index in [-0.39, 0.29) is 12.1 Å². The highest BCUT2D eigenvalue weighted by molar-refractivity contribution is 7.00. The van der Waals surface area contributed by atoms with Crippen LogP contribution in [0.4, 0.5) is 17.1 Å². The number of fused-ring (bicyclic) bond motifs is 15. The number of hydrogen-bond donors (Lipinski definition) is 0. The van der Waals surface area contributed by atoms with Gasteiger partial charge in [-0.15, -0.1) is 0 Å². The fourth-order valence-corrected chi connectivity index (χ4v) is 15.4. The molecule has 78 heavy (non-hydrogen) atoms. The first kappa shape index (κ1) is 41.8. The van der Waals surface area contributed by atoms with Crippen molar-refractivity contribution >= 4 is 105 Å². The number of nitrogens with zero attached hydrogens (tertiary/aromatic N) is 3. The average Bonchev–Trinajstić information content (AvgIpc) is 2.80. The molecule has 0 atom stereocenters. The van der Waals surface area contributed by atoms with Gasteiger partial charge < -0.3 is 14.0 Å². The maximum Gasteiger partial charge on any atom is 0.252 e. The maximum atomic E-state index is 9.54. The van der Waals surface area contributed by atoms with Crippen molar-refractivity contribution in [3.8, 4) is 55.9 Å². The molecule has 0 unspecified atom stereocenters. The van der Waals surface area contributed by atoms with E-state index in [1.54, 1.807) is 0 Å². The molecule has 0 amide bonds. The Hall–Kier alpha value is -9.38. The summed E-state index contributed by atoms with van der Waals surface area (Å²) in [7, 11) is 0. The van der Waals surface area contributed by atoms with Crippen LogP contribution in [-0.2, 0) is 5.41 Å². The van der Waals surface area contributed by atoms with Crippen molar-refractivity contribution in [2.45, 2.75) is 39.0 Å². The van der Waals surface area contributed by atoms with Crippen LogP contribution in [0.3, 0.4) is 0 Å². The van der Waals surface area contributed by atoms with E-state index in [9.17, 15) is 1.37 Å². The highest BCUT2D eigenvalue weighted by Gasteiger charge is 2.47. The third-order valence-corrected chi connectivity index (χ3v) is 18.6. The van der Waals surface area contributed by atoms with Crippen molar-refractivity contribution in [2.24, 2.45) is 0 Å². The summed E-state index contributed by atoms with van der Waals surface area (Å²) in [5.41, 5.74) is 28.0. The van der Waals surface area contributed by atoms with Crippen molar-refractivity contribution in [1.29, 1.82) is 0 Å². The molecular formula is C74H50BN3. The molecule has 0 bridgehead atoms. The molecule has 4 heteroatoms. The monoisotopic (exact) mass is 992 g/mol. The zero-order valence-electron chi connectivity index (χ0n) is 44.8. The lowest BCUT2D eigenvalue weighted by atomic mass is 9.33. The van der Waals surface area contributed by atoms with Gasteiger partial charge in [-0.3, -0.25) is 0 Å². The second-order valence-corrected chi connectivity index (χ2v) is 23.1. The zero-order valence-corrected chi connectivity index (χ0v) is 43.8. The lowest BCUT2D eigenvalue weighted by Gasteiger charge is -2.41. The highest BCUT2D eigenvalue weighted by atomic mass is 15.2. The summed E-state index contributed by atoms with van der Waals surface area (Å²) in [6.45, 7) is 8.79. The van der Waals surface area contributed by atoms with Crippen LogP contribution in [0.5, 0.6) is 0 Å². The summed E-state index contributed by atoms with van der Waals surface area (Å²) in [5.74, 6) is -0.820. The summed E-state index contributed by atoms with van der Waals surface area (Å²) in [5, 5.41) is 10.2. The number of para-hydroxylation sites is 1. The quantitative estimate of drug-likeness (QED) is 0.160. The molecule has 0 fully saturated rings. The van der Waals surface area contributed by atoms with Gasteiger partial charge in [-0.05, 0) is 160 Å². The topological polar surface area (TPSA) is 13.1 Å². The van der Waals surface area contributed by atoms with Crippen LogP contribution in [0.25, 0.3) is 121 Å². The molecule has 18 rings (SSSR count). The van der Waals surface area contributed by atoms with Gasteiger partial charge in [0.2, 0.25) is 0 Å². The summed E-state index contributed by atoms with van der Waals surface area (Å²) in [6.07, 6.45) is 0. The third-order valence-electron chi connectivity index (χ3n) is 18.6. The van der Waals surface area contributed by atoms with E-state index in [0.717, 1.165) is 28.3 Å². The number of anilines is 3. The van der Waals surface area contributed by atoms with Crippen LogP contribution in [0.15, 0.2) is 224 Å². The summed E-state index contributed by atoms with van der Waals surface area (Å²) < 4.78 is 14.8. The highest BCUT2D eigenvalue weighted by Crippen LogP contribution is 2.56. The Balaban J connectivity index is 1.04. The Kier molecular flexibility index (Phi) is 8.02. The first-order valence-electron chi connectivity index (χ1n) is 28.1. The number of benzene rings is 12. The Morgan fingerprint density at radius 3 is 1.92 bits per heavy atom. The number of rotatable bonds is 4. The normalized spacial score (nSPS) is 14.4. The van der Waals surface area contributed by atoms with Crippen molar-refractivity contribution in [2.75, 3.05) is 4.90 Å². The Bertz CT molecular complexity index is 5100. The fraction of sp³-hybridized carbons (Fsp3) is 0.0811. The first-order valence-corrected chi connectivity index (χ1v) is 27.6. The molecule has 2 aliphatic carbocycles. The second-order valence-electron chi connectivity index (χ2n) is 23.1. The Labute approximate surface area is 454 Å². The van der Waals surface area contributed by atoms with Gasteiger partial charge in [0, 0.05) is 56.6 Å². The van der Waals surface area contributed by atoms with Gasteiger partial charge in [-0.25, -0.2) is 0 Å². The van der Waals surface area contributed by atoms with Gasteiger partial charge in [-0.2, -0.15) is 0 Å². The summed E-state index contributed by atoms with van der Waals surface area (Å²) in [4.78, 5) is 2.53. The Morgan fingerprint density at radius 2 is 1.09 bits per heavy atom. The molecule has 3 nitrogen and oxygen atoms in total. The van der Waals surface area contributed by atoms with Gasteiger partial charge in [0.25, 0.3) is 6.71 Å². The van der Waals surface area contributed by atoms with Crippen LogP contribution < -0.4 is 21.3 Å². The molecule has 0 saturated heterocycles. The van der Waals surface area contributed by atoms with Crippen LogP contribution in [0.2, 0.25) is 0 Å². The van der Waals surface area contributed by atoms with E-state index >= 15 is 0 Å². The minimum absolute atomic E-state index is 0.146. The van der Waals surface area contributed by atoms with Crippen molar-refractivity contribution in [3.05, 3.63) is 241 Å². The predicted molar refractivity (Wildman–Crippen MR) is 331 cm³/mol. The largest absolute Gasteiger partial charge is 0.311 e. The molecule has 4 heterocycles. The second kappa shape index (κ2) is 15.0. The van der Waals surface area contributed by atoms with Crippen LogP contribution >= 0.6 is 0 Å². The van der Waals surface area contributed by atoms with Crippen LogP contribution in [-0.4, -0.2) is 15.8 Å². The SMILES string of the molecule is [2H]C(C)(C)c1ccc2c(c1)B1c3c(cc(-n4c5cccc6c5c5c7c(cccc7ccc54)-c4ccccc4-6)cc3-n3c4ccc(-c5cccc6ccccc56)cc4c4c5c(cc1c43)-c1ccccc1C5(C)C)N2c1ccccc1. The third kappa shape index (κ3) is 5.30. The van der Waals surface area contributed by atoms with Crippen LogP contribution in [0, 0.1) is 0 Å². The lowest BCUT2D eigenvalue weighted by molar-refractivity contribution is 0.666. The molecule has 0 radical (unpaired) electrons. The molecule has 12 aromatic carbocycles. The van der Waals surface area contributed by atoms with Crippen molar-refractivity contribution < 1.29 is 1.37 Å². The number of aromatic nitrogens is 2. The molecule has 2 aromatic heterocycles. The van der Waals surface area contributed by atoms with E-state index in [1.165, 1.54) is 143 Å². The van der Waals surface area contributed by atoms with Gasteiger partial charge >= 0.3 is 0 Å². The standard InChI is InChI=1S/C74H50BN3/c1-42(2)45-32-35-62-59(38-45)75-60-41-56-53-25-12-13-29-58(53)74(3,4)71(56)69-57-37-46(50-26-14-18-43-17-8-9-22-49(43)50)33-34-61(57)78(73(60)69)66-40-48(39-65(72(66)75)76(62)47-20-6-5-7-21-47)77-63-30-16-28-55-52-24-11-10-23-51(52)54-27-15-19-44-31-36-64(77)70(67(44)54)68(55)63/h5-42H,1-4H3/i42D. The van der Waals surface area contributed by atoms with E-state index in [2.05, 4.69) is 252 Å². The maximum absolute atomic E-state index is 9.54. The first-order chi connectivity index (χ1) is 38.6. The predicted octanol–water partition coefficient (Wildman–Crippen LogP) is 17.5. The minimum Gasteiger partial charge on any atom is -0.311 e. The van der Waals surface area contributed by atoms with Crippen molar-refractivity contribution in [3.63, 3.8) is 0 Å². The fourth-order valence-electron chi connectivity index (χ4n) is 15.4. The van der Waals surface area contributed by atoms with Gasteiger partial charge in [0.15, 0.2) is 0 Å². The zero-order chi connectivity index (χ0) is 52.4. The average molecular weight is 993 g/mol. The molecule has 14 aromatic rings. The summed E-state index contributed by atoms with van der Waals surface area (Å²) >= 11 is 0. The van der Waals surface area contributed by atoms with Gasteiger partial charge in [0.05, 0.1) is 22.2 Å². The molecule has 0 saturated carbocycles. The summed E-state index contributed by atoms with van der Waals surface area (Å²) in [6, 6.07) is 85.0. The van der Waals surface area contributed by atoms with Gasteiger partial charge in [0.1, 0.15) is 0 Å². The molecule has 364 valence electrons. The van der Waals surface area contributed by atoms with E-state index in [0.29, 0.717) is 0 Å². The smallest absolute Gasteiger partial charge is 0.252 e.